The monoisotopic (exact) mass is 430 g/mol. The predicted molar refractivity (Wildman–Crippen MR) is 112 cm³/mol. The van der Waals surface area contributed by atoms with Crippen LogP contribution in [0.5, 0.6) is 0 Å². The smallest absolute Gasteiger partial charge is 0.257 e. The van der Waals surface area contributed by atoms with Crippen LogP contribution >= 0.6 is 11.3 Å². The number of sulfonamides is 1. The van der Waals surface area contributed by atoms with E-state index in [9.17, 15) is 18.0 Å². The Labute approximate surface area is 171 Å². The zero-order valence-corrected chi connectivity index (χ0v) is 16.8. The Hall–Kier alpha value is -3.08. The number of hydrogen-bond donors (Lipinski definition) is 3. The topological polar surface area (TPSA) is 131 Å². The molecule has 0 aliphatic heterocycles. The lowest BCUT2D eigenvalue weighted by Gasteiger charge is -2.05. The van der Waals surface area contributed by atoms with E-state index in [1.165, 1.54) is 11.3 Å². The van der Waals surface area contributed by atoms with Crippen molar-refractivity contribution in [1.82, 2.24) is 4.98 Å². The summed E-state index contributed by atoms with van der Waals surface area (Å²) >= 11 is 1.24. The maximum absolute atomic E-state index is 12.2. The number of hydrogen-bond acceptors (Lipinski definition) is 6. The molecule has 29 heavy (non-hydrogen) atoms. The summed E-state index contributed by atoms with van der Waals surface area (Å²) in [5.41, 5.74) is 2.11. The molecule has 10 heteroatoms. The number of amides is 2. The minimum Gasteiger partial charge on any atom is -0.326 e. The molecule has 0 aliphatic rings. The highest BCUT2D eigenvalue weighted by Gasteiger charge is 2.12. The van der Waals surface area contributed by atoms with E-state index in [-0.39, 0.29) is 24.0 Å². The second-order valence-corrected chi connectivity index (χ2v) is 8.67. The highest BCUT2D eigenvalue weighted by atomic mass is 32.2. The van der Waals surface area contributed by atoms with Crippen molar-refractivity contribution in [3.63, 3.8) is 0 Å². The van der Waals surface area contributed by atoms with Crippen LogP contribution < -0.4 is 15.8 Å². The van der Waals surface area contributed by atoms with Gasteiger partial charge in [-0.1, -0.05) is 30.3 Å². The first kappa shape index (κ1) is 20.6. The third-order valence-corrected chi connectivity index (χ3v) is 5.30. The van der Waals surface area contributed by atoms with Crippen LogP contribution in [0.2, 0.25) is 0 Å². The number of nitrogens with two attached hydrogens (primary N) is 1. The van der Waals surface area contributed by atoms with E-state index >= 15 is 0 Å². The molecular weight excluding hydrogens is 412 g/mol. The number of primary sulfonamides is 1. The van der Waals surface area contributed by atoms with E-state index in [4.69, 9.17) is 5.14 Å². The molecule has 2 aromatic carbocycles. The molecule has 0 bridgehead atoms. The lowest BCUT2D eigenvalue weighted by molar-refractivity contribution is -0.115. The molecule has 150 valence electrons. The maximum Gasteiger partial charge on any atom is 0.257 e. The lowest BCUT2D eigenvalue weighted by Crippen LogP contribution is -2.16. The molecule has 0 aliphatic carbocycles. The summed E-state index contributed by atoms with van der Waals surface area (Å²) in [6, 6.07) is 15.1. The first-order chi connectivity index (χ1) is 13.8. The molecule has 0 saturated carbocycles. The van der Waals surface area contributed by atoms with Gasteiger partial charge < -0.3 is 5.32 Å². The Bertz CT molecular complexity index is 1110. The van der Waals surface area contributed by atoms with Crippen molar-refractivity contribution >= 4 is 44.0 Å². The first-order valence-electron chi connectivity index (χ1n) is 8.48. The molecule has 0 radical (unpaired) electrons. The van der Waals surface area contributed by atoms with Gasteiger partial charge in [-0.2, -0.15) is 0 Å². The summed E-state index contributed by atoms with van der Waals surface area (Å²) < 4.78 is 22.2. The molecule has 4 N–H and O–H groups in total. The van der Waals surface area contributed by atoms with Crippen LogP contribution in [0.4, 0.5) is 10.8 Å². The number of anilines is 2. The minimum atomic E-state index is -3.60. The van der Waals surface area contributed by atoms with Gasteiger partial charge in [0.1, 0.15) is 0 Å². The van der Waals surface area contributed by atoms with Gasteiger partial charge in [0.2, 0.25) is 15.9 Å². The quantitative estimate of drug-likeness (QED) is 0.529. The summed E-state index contributed by atoms with van der Waals surface area (Å²) in [5, 5.41) is 12.5. The van der Waals surface area contributed by atoms with Crippen molar-refractivity contribution < 1.29 is 18.0 Å². The number of rotatable bonds is 7. The van der Waals surface area contributed by atoms with Gasteiger partial charge in [-0.15, -0.1) is 11.3 Å². The van der Waals surface area contributed by atoms with Gasteiger partial charge in [-0.3, -0.25) is 14.9 Å². The molecule has 1 aromatic heterocycles. The Morgan fingerprint density at radius 3 is 2.34 bits per heavy atom. The molecule has 1 heterocycles. The zero-order chi connectivity index (χ0) is 20.9. The number of aromatic nitrogens is 1. The Kier molecular flexibility index (Phi) is 6.37. The van der Waals surface area contributed by atoms with Crippen molar-refractivity contribution in [3.8, 4) is 0 Å². The van der Waals surface area contributed by atoms with Crippen LogP contribution in [-0.2, 0) is 27.0 Å². The summed E-state index contributed by atoms with van der Waals surface area (Å²) in [6.07, 6.45) is 0.0383. The first-order valence-corrected chi connectivity index (χ1v) is 11.1. The molecule has 2 amide bonds. The third kappa shape index (κ3) is 6.49. The summed E-state index contributed by atoms with van der Waals surface area (Å²) in [4.78, 5) is 28.6. The molecule has 0 fully saturated rings. The maximum atomic E-state index is 12.2. The van der Waals surface area contributed by atoms with Gasteiger partial charge in [0.25, 0.3) is 5.91 Å². The SMILES string of the molecule is NS(=O)(=O)Cc1ccc(NC(=O)Cc2csc(NC(=O)c3ccccc3)n2)cc1. The van der Waals surface area contributed by atoms with E-state index in [0.717, 1.165) is 0 Å². The standard InChI is InChI=1S/C19H18N4O4S2/c20-29(26,27)12-13-6-8-15(9-7-13)21-17(24)10-16-11-28-19(22-16)23-18(25)14-4-2-1-3-5-14/h1-9,11H,10,12H2,(H,21,24)(H2,20,26,27)(H,22,23,25). The van der Waals surface area contributed by atoms with Crippen LogP contribution in [-0.4, -0.2) is 25.2 Å². The van der Waals surface area contributed by atoms with Gasteiger partial charge in [0.05, 0.1) is 17.9 Å². The summed E-state index contributed by atoms with van der Waals surface area (Å²) in [7, 11) is -3.60. The average molecular weight is 431 g/mol. The predicted octanol–water partition coefficient (Wildman–Crippen LogP) is 2.37. The van der Waals surface area contributed by atoms with Gasteiger partial charge in [-0.25, -0.2) is 18.5 Å². The fourth-order valence-electron chi connectivity index (χ4n) is 2.49. The number of benzene rings is 2. The molecule has 0 saturated heterocycles. The van der Waals surface area contributed by atoms with E-state index in [1.807, 2.05) is 6.07 Å². The zero-order valence-electron chi connectivity index (χ0n) is 15.2. The van der Waals surface area contributed by atoms with Crippen LogP contribution in [0.1, 0.15) is 21.6 Å². The Morgan fingerprint density at radius 1 is 1.00 bits per heavy atom. The normalized spacial score (nSPS) is 11.1. The highest BCUT2D eigenvalue weighted by Crippen LogP contribution is 2.18. The Morgan fingerprint density at radius 2 is 1.69 bits per heavy atom. The molecular formula is C19H18N4O4S2. The van der Waals surface area contributed by atoms with E-state index in [1.54, 1.807) is 53.9 Å². The molecule has 0 spiro atoms. The minimum absolute atomic E-state index is 0.0383. The third-order valence-electron chi connectivity index (χ3n) is 3.76. The summed E-state index contributed by atoms with van der Waals surface area (Å²) in [5.74, 6) is -0.816. The number of nitrogens with one attached hydrogen (secondary N) is 2. The number of carbonyl (C=O) groups is 2. The fourth-order valence-corrected chi connectivity index (χ4v) is 3.85. The van der Waals surface area contributed by atoms with Crippen LogP contribution in [0, 0.1) is 0 Å². The number of carbonyl (C=O) groups excluding carboxylic acids is 2. The van der Waals surface area contributed by atoms with E-state index in [0.29, 0.717) is 27.6 Å². The van der Waals surface area contributed by atoms with E-state index < -0.39 is 10.0 Å². The number of nitrogens with zero attached hydrogens (tertiary/aromatic N) is 1. The van der Waals surface area contributed by atoms with Crippen molar-refractivity contribution in [2.24, 2.45) is 5.14 Å². The lowest BCUT2D eigenvalue weighted by atomic mass is 10.2. The van der Waals surface area contributed by atoms with Crippen molar-refractivity contribution in [2.75, 3.05) is 10.6 Å². The molecule has 0 unspecified atom stereocenters. The van der Waals surface area contributed by atoms with Crippen molar-refractivity contribution in [1.29, 1.82) is 0 Å². The Balaban J connectivity index is 1.54. The van der Waals surface area contributed by atoms with Crippen LogP contribution in [0.15, 0.2) is 60.0 Å². The largest absolute Gasteiger partial charge is 0.326 e. The van der Waals surface area contributed by atoms with Gasteiger partial charge >= 0.3 is 0 Å². The van der Waals surface area contributed by atoms with Crippen LogP contribution in [0.25, 0.3) is 0 Å². The van der Waals surface area contributed by atoms with Crippen molar-refractivity contribution in [2.45, 2.75) is 12.2 Å². The molecule has 0 atom stereocenters. The average Bonchev–Trinajstić information content (AvgIpc) is 3.09. The molecule has 8 nitrogen and oxygen atoms in total. The summed E-state index contributed by atoms with van der Waals surface area (Å²) in [6.45, 7) is 0. The van der Waals surface area contributed by atoms with Crippen LogP contribution in [0.3, 0.4) is 0 Å². The fraction of sp³-hybridized carbons (Fsp3) is 0.105. The van der Waals surface area contributed by atoms with Gasteiger partial charge in [0.15, 0.2) is 5.13 Å². The number of thiazole rings is 1. The van der Waals surface area contributed by atoms with E-state index in [2.05, 4.69) is 15.6 Å². The van der Waals surface area contributed by atoms with Gasteiger partial charge in [0, 0.05) is 16.6 Å². The molecule has 3 rings (SSSR count). The highest BCUT2D eigenvalue weighted by molar-refractivity contribution is 7.88. The second kappa shape index (κ2) is 8.95. The van der Waals surface area contributed by atoms with Crippen molar-refractivity contribution in [3.05, 3.63) is 76.8 Å². The molecule has 3 aromatic rings. The van der Waals surface area contributed by atoms with Gasteiger partial charge in [-0.05, 0) is 29.8 Å². The second-order valence-electron chi connectivity index (χ2n) is 6.19.